The van der Waals surface area contributed by atoms with Crippen molar-refractivity contribution in [1.29, 1.82) is 0 Å². The summed E-state index contributed by atoms with van der Waals surface area (Å²) in [5, 5.41) is 9.41. The van der Waals surface area contributed by atoms with E-state index in [1.165, 1.54) is 11.8 Å². The Hall–Kier alpha value is -2.97. The maximum absolute atomic E-state index is 12.7. The number of halogens is 1. The van der Waals surface area contributed by atoms with Crippen LogP contribution in [-0.4, -0.2) is 37.9 Å². The van der Waals surface area contributed by atoms with E-state index in [1.54, 1.807) is 24.5 Å². The molecule has 0 atom stereocenters. The molecule has 2 aromatic heterocycles. The Morgan fingerprint density at radius 3 is 2.39 bits per heavy atom. The first-order valence-corrected chi connectivity index (χ1v) is 11.4. The van der Waals surface area contributed by atoms with Gasteiger partial charge in [0.1, 0.15) is 5.75 Å². The van der Waals surface area contributed by atoms with Gasteiger partial charge in [0.15, 0.2) is 16.8 Å². The lowest BCUT2D eigenvalue weighted by Gasteiger charge is -2.10. The predicted molar refractivity (Wildman–Crippen MR) is 125 cm³/mol. The minimum atomic E-state index is 0.0175. The molecule has 0 N–H and O–H groups in total. The molecule has 0 unspecified atom stereocenters. The van der Waals surface area contributed by atoms with E-state index in [2.05, 4.69) is 31.1 Å². The summed E-state index contributed by atoms with van der Waals surface area (Å²) in [7, 11) is 0. The number of pyridine rings is 1. The fourth-order valence-corrected chi connectivity index (χ4v) is 4.10. The second-order valence-corrected chi connectivity index (χ2v) is 8.38. The summed E-state index contributed by atoms with van der Waals surface area (Å²) in [6, 6.07) is 18.9. The molecule has 4 aromatic rings. The minimum absolute atomic E-state index is 0.0175. The number of carbonyl (C=O) groups excluding carboxylic acids is 1. The van der Waals surface area contributed by atoms with Crippen molar-refractivity contribution in [3.63, 3.8) is 0 Å². The summed E-state index contributed by atoms with van der Waals surface area (Å²) in [6.45, 7) is 2.52. The number of thioether (sulfide) groups is 1. The normalized spacial score (nSPS) is 10.8. The highest BCUT2D eigenvalue weighted by Crippen LogP contribution is 2.29. The average molecular weight is 495 g/mol. The summed E-state index contributed by atoms with van der Waals surface area (Å²) < 4.78 is 8.38. The lowest BCUT2D eigenvalue weighted by molar-refractivity contribution is 0.102. The summed E-state index contributed by atoms with van der Waals surface area (Å²) in [5.41, 5.74) is 2.45. The Bertz CT molecular complexity index is 1160. The summed E-state index contributed by atoms with van der Waals surface area (Å²) in [5.74, 6) is 1.71. The van der Waals surface area contributed by atoms with Crippen molar-refractivity contribution < 1.29 is 9.53 Å². The van der Waals surface area contributed by atoms with Gasteiger partial charge < -0.3 is 4.74 Å². The number of hydrogen-bond acceptors (Lipinski definition) is 6. The maximum Gasteiger partial charge on any atom is 0.196 e. The van der Waals surface area contributed by atoms with Crippen molar-refractivity contribution in [3.8, 4) is 22.8 Å². The third kappa shape index (κ3) is 5.03. The van der Waals surface area contributed by atoms with Gasteiger partial charge in [0.25, 0.3) is 0 Å². The van der Waals surface area contributed by atoms with Crippen LogP contribution in [0.2, 0.25) is 0 Å². The molecule has 0 bridgehead atoms. The highest BCUT2D eigenvalue weighted by molar-refractivity contribution is 9.10. The topological polar surface area (TPSA) is 69.9 Å². The zero-order valence-electron chi connectivity index (χ0n) is 16.7. The molecule has 4 rings (SSSR count). The van der Waals surface area contributed by atoms with Crippen molar-refractivity contribution in [3.05, 3.63) is 83.1 Å². The van der Waals surface area contributed by atoms with Crippen LogP contribution in [0.1, 0.15) is 17.3 Å². The van der Waals surface area contributed by atoms with Crippen LogP contribution < -0.4 is 4.74 Å². The number of aromatic nitrogens is 4. The van der Waals surface area contributed by atoms with Gasteiger partial charge in [-0.2, -0.15) is 0 Å². The van der Waals surface area contributed by atoms with Gasteiger partial charge in [0, 0.05) is 33.7 Å². The highest BCUT2D eigenvalue weighted by Gasteiger charge is 2.18. The van der Waals surface area contributed by atoms with Gasteiger partial charge in [-0.3, -0.25) is 14.3 Å². The summed E-state index contributed by atoms with van der Waals surface area (Å²) in [4.78, 5) is 16.8. The Morgan fingerprint density at radius 1 is 1.00 bits per heavy atom. The molecule has 0 aliphatic carbocycles. The zero-order valence-corrected chi connectivity index (χ0v) is 19.1. The summed E-state index contributed by atoms with van der Waals surface area (Å²) in [6.07, 6.45) is 3.44. The monoisotopic (exact) mass is 494 g/mol. The van der Waals surface area contributed by atoms with Crippen molar-refractivity contribution in [2.45, 2.75) is 12.1 Å². The van der Waals surface area contributed by atoms with Gasteiger partial charge in [-0.05, 0) is 67.6 Å². The van der Waals surface area contributed by atoms with Gasteiger partial charge in [-0.25, -0.2) is 0 Å². The molecule has 0 fully saturated rings. The molecule has 0 spiro atoms. The van der Waals surface area contributed by atoms with Crippen LogP contribution in [0.4, 0.5) is 0 Å². The standard InChI is InChI=1S/C23H19BrN4O2S/c1-2-30-20-9-3-16(4-10-20)21(29)15-31-23-27-26-22(17-11-13-25-14-12-17)28(23)19-7-5-18(24)6-8-19/h3-14H,2,15H2,1H3. The fourth-order valence-electron chi connectivity index (χ4n) is 2.99. The zero-order chi connectivity index (χ0) is 21.6. The van der Waals surface area contributed by atoms with E-state index in [1.807, 2.05) is 60.0 Å². The number of carbonyl (C=O) groups is 1. The molecule has 2 heterocycles. The number of ether oxygens (including phenoxy) is 1. The smallest absolute Gasteiger partial charge is 0.196 e. The number of rotatable bonds is 8. The number of nitrogens with zero attached hydrogens (tertiary/aromatic N) is 4. The van der Waals surface area contributed by atoms with Gasteiger partial charge in [-0.1, -0.05) is 27.7 Å². The molecule has 0 amide bonds. The van der Waals surface area contributed by atoms with Crippen LogP contribution >= 0.6 is 27.7 Å². The molecule has 0 aliphatic heterocycles. The van der Waals surface area contributed by atoms with Crippen molar-refractivity contribution in [2.24, 2.45) is 0 Å². The van der Waals surface area contributed by atoms with Crippen LogP contribution in [0.25, 0.3) is 17.1 Å². The quantitative estimate of drug-likeness (QED) is 0.239. The van der Waals surface area contributed by atoms with Gasteiger partial charge in [0.2, 0.25) is 0 Å². The number of ketones is 1. The van der Waals surface area contributed by atoms with E-state index < -0.39 is 0 Å². The second-order valence-electron chi connectivity index (χ2n) is 6.52. The Kier molecular flexibility index (Phi) is 6.79. The molecule has 0 saturated carbocycles. The Balaban J connectivity index is 1.60. The maximum atomic E-state index is 12.7. The summed E-state index contributed by atoms with van der Waals surface area (Å²) >= 11 is 4.83. The Morgan fingerprint density at radius 2 is 1.71 bits per heavy atom. The van der Waals surface area contributed by atoms with E-state index in [0.29, 0.717) is 23.2 Å². The minimum Gasteiger partial charge on any atom is -0.494 e. The number of Topliss-reactive ketones (excluding diaryl/α,β-unsaturated/α-hetero) is 1. The third-order valence-corrected chi connectivity index (χ3v) is 5.93. The average Bonchev–Trinajstić information content (AvgIpc) is 3.23. The predicted octanol–water partition coefficient (Wildman–Crippen LogP) is 5.47. The van der Waals surface area contributed by atoms with E-state index in [-0.39, 0.29) is 11.5 Å². The van der Waals surface area contributed by atoms with E-state index >= 15 is 0 Å². The highest BCUT2D eigenvalue weighted by atomic mass is 79.9. The third-order valence-electron chi connectivity index (χ3n) is 4.48. The first-order chi connectivity index (χ1) is 15.2. The van der Waals surface area contributed by atoms with Crippen LogP contribution in [0.5, 0.6) is 5.75 Å². The number of benzene rings is 2. The van der Waals surface area contributed by atoms with Crippen LogP contribution in [0.3, 0.4) is 0 Å². The largest absolute Gasteiger partial charge is 0.494 e. The van der Waals surface area contributed by atoms with E-state index in [0.717, 1.165) is 21.5 Å². The second kappa shape index (κ2) is 9.89. The van der Waals surface area contributed by atoms with Crippen molar-refractivity contribution >= 4 is 33.5 Å². The molecule has 0 aliphatic rings. The molecule has 31 heavy (non-hydrogen) atoms. The van der Waals surface area contributed by atoms with Crippen LogP contribution in [0, 0.1) is 0 Å². The fraction of sp³-hybridized carbons (Fsp3) is 0.130. The molecular weight excluding hydrogens is 476 g/mol. The van der Waals surface area contributed by atoms with Gasteiger partial charge >= 0.3 is 0 Å². The number of hydrogen-bond donors (Lipinski definition) is 0. The Labute approximate surface area is 192 Å². The molecular formula is C23H19BrN4O2S. The van der Waals surface area contributed by atoms with Crippen LogP contribution in [0.15, 0.2) is 82.7 Å². The molecule has 6 nitrogen and oxygen atoms in total. The molecule has 0 saturated heterocycles. The van der Waals surface area contributed by atoms with Gasteiger partial charge in [-0.15, -0.1) is 10.2 Å². The van der Waals surface area contributed by atoms with Gasteiger partial charge in [0.05, 0.1) is 12.4 Å². The van der Waals surface area contributed by atoms with Crippen molar-refractivity contribution in [1.82, 2.24) is 19.7 Å². The first-order valence-electron chi connectivity index (χ1n) is 9.66. The lowest BCUT2D eigenvalue weighted by atomic mass is 10.1. The molecule has 0 radical (unpaired) electrons. The SMILES string of the molecule is CCOc1ccc(C(=O)CSc2nnc(-c3ccncc3)n2-c2ccc(Br)cc2)cc1. The first kappa shape index (κ1) is 21.3. The lowest BCUT2D eigenvalue weighted by Crippen LogP contribution is -2.05. The molecule has 8 heteroatoms. The van der Waals surface area contributed by atoms with E-state index in [9.17, 15) is 4.79 Å². The molecule has 2 aromatic carbocycles. The van der Waals surface area contributed by atoms with Crippen molar-refractivity contribution in [2.75, 3.05) is 12.4 Å². The van der Waals surface area contributed by atoms with E-state index in [4.69, 9.17) is 4.74 Å². The molecule has 156 valence electrons. The van der Waals surface area contributed by atoms with Crippen LogP contribution in [-0.2, 0) is 0 Å².